The van der Waals surface area contributed by atoms with E-state index in [2.05, 4.69) is 61.0 Å². The first kappa shape index (κ1) is 13.7. The molecule has 0 amide bonds. The quantitative estimate of drug-likeness (QED) is 0.702. The van der Waals surface area contributed by atoms with E-state index in [1.165, 1.54) is 5.56 Å². The Morgan fingerprint density at radius 2 is 1.75 bits per heavy atom. The van der Waals surface area contributed by atoms with Gasteiger partial charge in [-0.15, -0.1) is 0 Å². The highest BCUT2D eigenvalue weighted by molar-refractivity contribution is 9.09. The van der Waals surface area contributed by atoms with Gasteiger partial charge in [0.25, 0.3) is 0 Å². The molecule has 1 rings (SSSR count). The molecule has 0 fully saturated rings. The number of benzene rings is 1. The third kappa shape index (κ3) is 4.26. The van der Waals surface area contributed by atoms with Crippen LogP contribution in [-0.4, -0.2) is 11.9 Å². The summed E-state index contributed by atoms with van der Waals surface area (Å²) in [5.74, 6) is 1.24. The zero-order valence-electron chi connectivity index (χ0n) is 10.3. The lowest BCUT2D eigenvalue weighted by Crippen LogP contribution is -2.18. The second-order valence-corrected chi connectivity index (χ2v) is 5.19. The maximum absolute atomic E-state index is 5.91. The van der Waals surface area contributed by atoms with Gasteiger partial charge in [-0.2, -0.15) is 0 Å². The van der Waals surface area contributed by atoms with Gasteiger partial charge in [0.05, 0.1) is 12.7 Å². The van der Waals surface area contributed by atoms with E-state index in [0.29, 0.717) is 11.8 Å². The maximum atomic E-state index is 5.91. The maximum Gasteiger partial charge on any atom is 0.0796 e. The summed E-state index contributed by atoms with van der Waals surface area (Å²) in [5, 5.41) is 1.01. The molecule has 2 atom stereocenters. The zero-order chi connectivity index (χ0) is 12.0. The summed E-state index contributed by atoms with van der Waals surface area (Å²) >= 11 is 3.54. The van der Waals surface area contributed by atoms with E-state index in [9.17, 15) is 0 Å². The average Bonchev–Trinajstić information content (AvgIpc) is 2.30. The van der Waals surface area contributed by atoms with Gasteiger partial charge in [0.1, 0.15) is 0 Å². The Morgan fingerprint density at radius 3 is 2.25 bits per heavy atom. The van der Waals surface area contributed by atoms with Crippen LogP contribution in [0.4, 0.5) is 0 Å². The predicted molar refractivity (Wildman–Crippen MR) is 72.9 cm³/mol. The minimum Gasteiger partial charge on any atom is -0.373 e. The second kappa shape index (κ2) is 7.08. The third-order valence-corrected chi connectivity index (χ3v) is 3.80. The number of rotatable bonds is 6. The summed E-state index contributed by atoms with van der Waals surface area (Å²) in [7, 11) is 0. The minimum atomic E-state index is 0.182. The largest absolute Gasteiger partial charge is 0.373 e. The van der Waals surface area contributed by atoms with Gasteiger partial charge in [0.2, 0.25) is 0 Å². The number of ether oxygens (including phenoxy) is 1. The Morgan fingerprint density at radius 1 is 1.12 bits per heavy atom. The van der Waals surface area contributed by atoms with Crippen LogP contribution in [0.15, 0.2) is 30.3 Å². The fourth-order valence-corrected chi connectivity index (χ4v) is 2.44. The molecule has 2 heteroatoms. The Bertz CT molecular complexity index is 284. The molecule has 0 spiro atoms. The molecule has 2 unspecified atom stereocenters. The number of hydrogen-bond acceptors (Lipinski definition) is 1. The summed E-state index contributed by atoms with van der Waals surface area (Å²) in [5.41, 5.74) is 1.25. The molecule has 16 heavy (non-hydrogen) atoms. The molecule has 0 aliphatic carbocycles. The molecule has 0 N–H and O–H groups in total. The van der Waals surface area contributed by atoms with Gasteiger partial charge in [-0.25, -0.2) is 0 Å². The molecule has 0 radical (unpaired) electrons. The fraction of sp³-hybridized carbons (Fsp3) is 0.571. The smallest absolute Gasteiger partial charge is 0.0796 e. The Hall–Kier alpha value is -0.340. The van der Waals surface area contributed by atoms with Crippen LogP contribution < -0.4 is 0 Å². The lowest BCUT2D eigenvalue weighted by atomic mass is 9.99. The van der Waals surface area contributed by atoms with Gasteiger partial charge < -0.3 is 4.74 Å². The zero-order valence-corrected chi connectivity index (χ0v) is 11.9. The van der Waals surface area contributed by atoms with E-state index in [0.717, 1.165) is 11.9 Å². The van der Waals surface area contributed by atoms with Crippen molar-refractivity contribution in [2.24, 2.45) is 11.8 Å². The molecule has 0 saturated heterocycles. The minimum absolute atomic E-state index is 0.182. The van der Waals surface area contributed by atoms with Crippen LogP contribution in [0.3, 0.4) is 0 Å². The van der Waals surface area contributed by atoms with Crippen LogP contribution in [-0.2, 0) is 4.74 Å². The van der Waals surface area contributed by atoms with E-state index in [1.807, 2.05) is 6.07 Å². The van der Waals surface area contributed by atoms with Crippen molar-refractivity contribution >= 4 is 15.9 Å². The normalized spacial score (nSPS) is 15.1. The van der Waals surface area contributed by atoms with Crippen LogP contribution >= 0.6 is 15.9 Å². The topological polar surface area (TPSA) is 9.23 Å². The van der Waals surface area contributed by atoms with Gasteiger partial charge >= 0.3 is 0 Å². The predicted octanol–water partition coefficient (Wildman–Crippen LogP) is 4.43. The van der Waals surface area contributed by atoms with Crippen LogP contribution in [0.1, 0.15) is 32.4 Å². The first-order valence-electron chi connectivity index (χ1n) is 5.87. The van der Waals surface area contributed by atoms with Gasteiger partial charge in [-0.3, -0.25) is 0 Å². The summed E-state index contributed by atoms with van der Waals surface area (Å²) in [6, 6.07) is 10.4. The Kier molecular flexibility index (Phi) is 6.07. The monoisotopic (exact) mass is 284 g/mol. The van der Waals surface area contributed by atoms with Crippen molar-refractivity contribution in [2.45, 2.75) is 26.9 Å². The molecule has 0 bridgehead atoms. The van der Waals surface area contributed by atoms with Crippen molar-refractivity contribution in [1.82, 2.24) is 0 Å². The Labute approximate surface area is 107 Å². The molecular weight excluding hydrogens is 264 g/mol. The van der Waals surface area contributed by atoms with Crippen molar-refractivity contribution in [3.05, 3.63) is 35.9 Å². The molecule has 1 aromatic carbocycles. The summed E-state index contributed by atoms with van der Waals surface area (Å²) in [6.45, 7) is 7.41. The number of hydrogen-bond donors (Lipinski definition) is 0. The first-order chi connectivity index (χ1) is 7.65. The Balaban J connectivity index is 2.43. The van der Waals surface area contributed by atoms with Gasteiger partial charge in [-0.1, -0.05) is 60.1 Å². The first-order valence-corrected chi connectivity index (χ1v) is 6.99. The van der Waals surface area contributed by atoms with E-state index >= 15 is 0 Å². The molecule has 0 aromatic heterocycles. The van der Waals surface area contributed by atoms with E-state index in [4.69, 9.17) is 4.74 Å². The van der Waals surface area contributed by atoms with Gasteiger partial charge in [-0.05, 0) is 24.3 Å². The highest BCUT2D eigenvalue weighted by Crippen LogP contribution is 2.20. The summed E-state index contributed by atoms with van der Waals surface area (Å²) in [4.78, 5) is 0. The molecule has 0 heterocycles. The van der Waals surface area contributed by atoms with Gasteiger partial charge in [0, 0.05) is 5.33 Å². The molecule has 0 aliphatic rings. The summed E-state index contributed by atoms with van der Waals surface area (Å²) in [6.07, 6.45) is 0.182. The highest BCUT2D eigenvalue weighted by atomic mass is 79.9. The average molecular weight is 285 g/mol. The van der Waals surface area contributed by atoms with Crippen molar-refractivity contribution < 1.29 is 4.74 Å². The highest BCUT2D eigenvalue weighted by Gasteiger charge is 2.14. The van der Waals surface area contributed by atoms with Crippen molar-refractivity contribution in [1.29, 1.82) is 0 Å². The standard InChI is InChI=1S/C14H21BrO/c1-11(2)14(9-15)10-16-12(3)13-7-5-4-6-8-13/h4-8,11-12,14H,9-10H2,1-3H3. The van der Waals surface area contributed by atoms with E-state index in [-0.39, 0.29) is 6.10 Å². The molecule has 90 valence electrons. The van der Waals surface area contributed by atoms with Gasteiger partial charge in [0.15, 0.2) is 0 Å². The number of alkyl halides is 1. The van der Waals surface area contributed by atoms with E-state index in [1.54, 1.807) is 0 Å². The molecule has 1 nitrogen and oxygen atoms in total. The SMILES string of the molecule is CC(OCC(CBr)C(C)C)c1ccccc1. The van der Waals surface area contributed by atoms with Crippen LogP contribution in [0.5, 0.6) is 0 Å². The lowest BCUT2D eigenvalue weighted by Gasteiger charge is -2.21. The second-order valence-electron chi connectivity index (χ2n) is 4.54. The van der Waals surface area contributed by atoms with Crippen molar-refractivity contribution in [2.75, 3.05) is 11.9 Å². The molecule has 0 saturated carbocycles. The number of halogens is 1. The summed E-state index contributed by atoms with van der Waals surface area (Å²) < 4.78 is 5.91. The van der Waals surface area contributed by atoms with Crippen molar-refractivity contribution in [3.63, 3.8) is 0 Å². The van der Waals surface area contributed by atoms with Crippen LogP contribution in [0, 0.1) is 11.8 Å². The molecular formula is C14H21BrO. The van der Waals surface area contributed by atoms with Crippen LogP contribution in [0.2, 0.25) is 0 Å². The van der Waals surface area contributed by atoms with Crippen LogP contribution in [0.25, 0.3) is 0 Å². The van der Waals surface area contributed by atoms with E-state index < -0.39 is 0 Å². The third-order valence-electron chi connectivity index (χ3n) is 2.97. The molecule has 1 aromatic rings. The van der Waals surface area contributed by atoms with Crippen molar-refractivity contribution in [3.8, 4) is 0 Å². The lowest BCUT2D eigenvalue weighted by molar-refractivity contribution is 0.0345. The molecule has 0 aliphatic heterocycles. The fourth-order valence-electron chi connectivity index (χ4n) is 1.50.